The fourth-order valence-corrected chi connectivity index (χ4v) is 5.60. The van der Waals surface area contributed by atoms with E-state index < -0.39 is 16.1 Å². The summed E-state index contributed by atoms with van der Waals surface area (Å²) in [7, 11) is -3.82. The maximum Gasteiger partial charge on any atom is 0.244 e. The molecule has 26 heavy (non-hydrogen) atoms. The molecule has 5 nitrogen and oxygen atoms in total. The van der Waals surface area contributed by atoms with Crippen LogP contribution in [0.15, 0.2) is 47.4 Å². The van der Waals surface area contributed by atoms with Gasteiger partial charge in [0.1, 0.15) is 6.04 Å². The molecule has 0 radical (unpaired) electrons. The van der Waals surface area contributed by atoms with Gasteiger partial charge in [-0.15, -0.1) is 0 Å². The molecule has 2 aliphatic rings. The van der Waals surface area contributed by atoms with Gasteiger partial charge in [0.25, 0.3) is 0 Å². The third-order valence-corrected chi connectivity index (χ3v) is 7.25. The topological polar surface area (TPSA) is 66.5 Å². The minimum Gasteiger partial charge on any atom is -0.353 e. The Morgan fingerprint density at radius 1 is 1.08 bits per heavy atom. The summed E-state index contributed by atoms with van der Waals surface area (Å²) in [4.78, 5) is 12.8. The van der Waals surface area contributed by atoms with Crippen molar-refractivity contribution in [3.8, 4) is 0 Å². The van der Waals surface area contributed by atoms with Gasteiger partial charge in [-0.2, -0.15) is 4.31 Å². The second-order valence-corrected chi connectivity index (χ2v) is 8.91. The summed E-state index contributed by atoms with van der Waals surface area (Å²) in [5, 5.41) is 3.13. The molecule has 1 fully saturated rings. The molecule has 4 rings (SSSR count). The highest BCUT2D eigenvalue weighted by Gasteiger charge is 2.40. The van der Waals surface area contributed by atoms with E-state index in [1.54, 1.807) is 36.4 Å². The molecule has 1 amide bonds. The van der Waals surface area contributed by atoms with Crippen molar-refractivity contribution in [2.45, 2.75) is 30.2 Å². The number of aryl methyl sites for hydroxylation is 2. The van der Waals surface area contributed by atoms with Crippen LogP contribution in [0.2, 0.25) is 5.02 Å². The highest BCUT2D eigenvalue weighted by Crippen LogP contribution is 2.34. The number of hydrogen-bond acceptors (Lipinski definition) is 3. The number of carbonyl (C=O) groups is 1. The van der Waals surface area contributed by atoms with Crippen LogP contribution in [-0.4, -0.2) is 31.7 Å². The average Bonchev–Trinajstić information content (AvgIpc) is 3.10. The maximum atomic E-state index is 13.3. The van der Waals surface area contributed by atoms with Gasteiger partial charge < -0.3 is 5.32 Å². The summed E-state index contributed by atoms with van der Waals surface area (Å²) in [5.74, 6) is -0.353. The first-order chi connectivity index (χ1) is 12.5. The second kappa shape index (κ2) is 6.68. The molecule has 1 atom stereocenters. The van der Waals surface area contributed by atoms with E-state index in [1.165, 1.54) is 9.87 Å². The van der Waals surface area contributed by atoms with Gasteiger partial charge in [-0.1, -0.05) is 35.9 Å². The summed E-state index contributed by atoms with van der Waals surface area (Å²) < 4.78 is 27.9. The Bertz CT molecular complexity index is 974. The van der Waals surface area contributed by atoms with Crippen molar-refractivity contribution in [3.05, 3.63) is 64.2 Å². The molecule has 7 heteroatoms. The van der Waals surface area contributed by atoms with Gasteiger partial charge in [0, 0.05) is 18.1 Å². The Kier molecular flexibility index (Phi) is 4.50. The van der Waals surface area contributed by atoms with Crippen molar-refractivity contribution in [2.24, 2.45) is 0 Å². The van der Waals surface area contributed by atoms with Crippen molar-refractivity contribution in [1.29, 1.82) is 0 Å². The van der Waals surface area contributed by atoms with Crippen molar-refractivity contribution < 1.29 is 13.2 Å². The fourth-order valence-electron chi connectivity index (χ4n) is 3.74. The molecule has 0 aromatic heterocycles. The SMILES string of the molecule is O=C1NCCN(S(=O)(=O)c2ccc3c(c2)CCC3)C1c1ccccc1Cl. The normalized spacial score (nSPS) is 20.7. The zero-order valence-corrected chi connectivity index (χ0v) is 15.7. The fraction of sp³-hybridized carbons (Fsp3) is 0.316. The van der Waals surface area contributed by atoms with Crippen LogP contribution in [0, 0.1) is 0 Å². The highest BCUT2D eigenvalue weighted by atomic mass is 35.5. The van der Waals surface area contributed by atoms with Gasteiger partial charge in [-0.05, 0) is 54.2 Å². The Hall–Kier alpha value is -1.89. The van der Waals surface area contributed by atoms with E-state index in [-0.39, 0.29) is 23.9 Å². The number of carbonyl (C=O) groups excluding carboxylic acids is 1. The van der Waals surface area contributed by atoms with Crippen LogP contribution < -0.4 is 5.32 Å². The number of amides is 1. The zero-order valence-electron chi connectivity index (χ0n) is 14.1. The molecule has 1 unspecified atom stereocenters. The van der Waals surface area contributed by atoms with Crippen LogP contribution in [0.1, 0.15) is 29.2 Å². The molecule has 1 saturated heterocycles. The molecule has 1 aliphatic carbocycles. The monoisotopic (exact) mass is 390 g/mol. The zero-order chi connectivity index (χ0) is 18.3. The lowest BCUT2D eigenvalue weighted by molar-refractivity contribution is -0.126. The summed E-state index contributed by atoms with van der Waals surface area (Å²) in [6.45, 7) is 0.491. The van der Waals surface area contributed by atoms with E-state index in [2.05, 4.69) is 5.32 Å². The van der Waals surface area contributed by atoms with Crippen LogP contribution in [0.3, 0.4) is 0 Å². The molecular weight excluding hydrogens is 372 g/mol. The Labute approximate surface area is 158 Å². The first-order valence-corrected chi connectivity index (χ1v) is 10.5. The number of sulfonamides is 1. The molecule has 2 aromatic rings. The van der Waals surface area contributed by atoms with E-state index >= 15 is 0 Å². The van der Waals surface area contributed by atoms with Crippen LogP contribution in [0.4, 0.5) is 0 Å². The molecule has 0 saturated carbocycles. The maximum absolute atomic E-state index is 13.3. The Morgan fingerprint density at radius 3 is 2.65 bits per heavy atom. The molecular formula is C19H19ClN2O3S. The smallest absolute Gasteiger partial charge is 0.244 e. The molecule has 0 bridgehead atoms. The van der Waals surface area contributed by atoms with Gasteiger partial charge >= 0.3 is 0 Å². The van der Waals surface area contributed by atoms with Gasteiger partial charge in [0.2, 0.25) is 15.9 Å². The number of halogens is 1. The van der Waals surface area contributed by atoms with Crippen molar-refractivity contribution >= 4 is 27.5 Å². The lowest BCUT2D eigenvalue weighted by atomic mass is 10.0. The summed E-state index contributed by atoms with van der Waals surface area (Å²) in [6, 6.07) is 11.2. The quantitative estimate of drug-likeness (QED) is 0.876. The molecule has 0 spiro atoms. The van der Waals surface area contributed by atoms with Crippen molar-refractivity contribution in [2.75, 3.05) is 13.1 Å². The number of benzene rings is 2. The van der Waals surface area contributed by atoms with Crippen LogP contribution in [0.5, 0.6) is 0 Å². The van der Waals surface area contributed by atoms with Crippen molar-refractivity contribution in [1.82, 2.24) is 9.62 Å². The van der Waals surface area contributed by atoms with Gasteiger partial charge in [0.15, 0.2) is 0 Å². The highest BCUT2D eigenvalue weighted by molar-refractivity contribution is 7.89. The van der Waals surface area contributed by atoms with E-state index in [0.29, 0.717) is 10.6 Å². The molecule has 1 heterocycles. The Balaban J connectivity index is 1.78. The van der Waals surface area contributed by atoms with Gasteiger partial charge in [-0.25, -0.2) is 8.42 Å². The minimum absolute atomic E-state index is 0.209. The lowest BCUT2D eigenvalue weighted by Crippen LogP contribution is -2.52. The minimum atomic E-state index is -3.82. The molecule has 136 valence electrons. The summed E-state index contributed by atoms with van der Waals surface area (Å²) >= 11 is 6.26. The van der Waals surface area contributed by atoms with Crippen molar-refractivity contribution in [3.63, 3.8) is 0 Å². The third-order valence-electron chi connectivity index (χ3n) is 5.04. The number of piperazine rings is 1. The van der Waals surface area contributed by atoms with Crippen LogP contribution >= 0.6 is 11.6 Å². The Morgan fingerprint density at radius 2 is 1.85 bits per heavy atom. The number of nitrogens with one attached hydrogen (secondary N) is 1. The van der Waals surface area contributed by atoms with E-state index in [9.17, 15) is 13.2 Å². The summed E-state index contributed by atoms with van der Waals surface area (Å²) in [6.07, 6.45) is 2.93. The van der Waals surface area contributed by atoms with E-state index in [4.69, 9.17) is 11.6 Å². The molecule has 1 N–H and O–H groups in total. The first-order valence-electron chi connectivity index (χ1n) is 8.64. The number of hydrogen-bond donors (Lipinski definition) is 1. The van der Waals surface area contributed by atoms with E-state index in [1.807, 2.05) is 6.07 Å². The predicted molar refractivity (Wildman–Crippen MR) is 99.6 cm³/mol. The van der Waals surface area contributed by atoms with Crippen LogP contribution in [0.25, 0.3) is 0 Å². The molecule has 2 aromatic carbocycles. The first kappa shape index (κ1) is 17.5. The lowest BCUT2D eigenvalue weighted by Gasteiger charge is -2.34. The van der Waals surface area contributed by atoms with Gasteiger partial charge in [-0.3, -0.25) is 4.79 Å². The van der Waals surface area contributed by atoms with E-state index in [0.717, 1.165) is 24.8 Å². The number of rotatable bonds is 3. The number of nitrogens with zero attached hydrogens (tertiary/aromatic N) is 1. The predicted octanol–water partition coefficient (Wildman–Crippen LogP) is 2.69. The second-order valence-electron chi connectivity index (χ2n) is 6.61. The number of fused-ring (bicyclic) bond motifs is 1. The molecule has 1 aliphatic heterocycles. The summed E-state index contributed by atoms with van der Waals surface area (Å²) in [5.41, 5.74) is 2.79. The van der Waals surface area contributed by atoms with Gasteiger partial charge in [0.05, 0.1) is 4.90 Å². The average molecular weight is 391 g/mol. The standard InChI is InChI=1S/C19H19ClN2O3S/c20-17-7-2-1-6-16(17)18-19(23)21-10-11-22(18)26(24,25)15-9-8-13-4-3-5-14(13)12-15/h1-2,6-9,12,18H,3-5,10-11H2,(H,21,23). The van der Waals surface area contributed by atoms with Crippen LogP contribution in [-0.2, 0) is 27.7 Å². The largest absolute Gasteiger partial charge is 0.353 e. The third kappa shape index (κ3) is 2.92.